The first kappa shape index (κ1) is 19.5. The molecule has 0 unspecified atom stereocenters. The van der Waals surface area contributed by atoms with E-state index in [1.165, 1.54) is 47.4 Å². The van der Waals surface area contributed by atoms with Crippen molar-refractivity contribution in [1.82, 2.24) is 9.55 Å². The third-order valence-electron chi connectivity index (χ3n) is 7.62. The van der Waals surface area contributed by atoms with Crippen LogP contribution < -0.4 is 0 Å². The quantitative estimate of drug-likeness (QED) is 0.229. The van der Waals surface area contributed by atoms with Gasteiger partial charge in [-0.25, -0.2) is 0 Å². The van der Waals surface area contributed by atoms with E-state index < -0.39 is 0 Å². The highest BCUT2D eigenvalue weighted by Crippen LogP contribution is 2.44. The van der Waals surface area contributed by atoms with Gasteiger partial charge in [-0.15, -0.1) is 11.3 Å². The summed E-state index contributed by atoms with van der Waals surface area (Å²) in [4.78, 5) is 4.60. The van der Waals surface area contributed by atoms with Crippen LogP contribution in [0, 0.1) is 0 Å². The van der Waals surface area contributed by atoms with Crippen LogP contribution in [0.25, 0.3) is 80.5 Å². The SMILES string of the molecule is c1cnc2cc3sc4c(ccc5c6ccccc6n(-c6ccc7c(c6)oc6ccccc67)c54)c3cc2c1. The third kappa shape index (κ3) is 2.57. The van der Waals surface area contributed by atoms with Crippen LogP contribution in [0.4, 0.5) is 0 Å². The Bertz CT molecular complexity index is 2370. The second-order valence-corrected chi connectivity index (χ2v) is 10.7. The van der Waals surface area contributed by atoms with Gasteiger partial charge in [0.05, 0.1) is 21.3 Å². The van der Waals surface area contributed by atoms with Crippen molar-refractivity contribution in [2.75, 3.05) is 0 Å². The third-order valence-corrected chi connectivity index (χ3v) is 8.79. The van der Waals surface area contributed by atoms with Crippen molar-refractivity contribution in [3.05, 3.63) is 109 Å². The van der Waals surface area contributed by atoms with Gasteiger partial charge in [-0.2, -0.15) is 0 Å². The minimum absolute atomic E-state index is 0.908. The summed E-state index contributed by atoms with van der Waals surface area (Å²) in [6.45, 7) is 0. The van der Waals surface area contributed by atoms with E-state index in [9.17, 15) is 0 Å². The van der Waals surface area contributed by atoms with E-state index in [1.54, 1.807) is 0 Å². The number of rotatable bonds is 1. The molecule has 9 aromatic rings. The van der Waals surface area contributed by atoms with Gasteiger partial charge in [0.25, 0.3) is 0 Å². The summed E-state index contributed by atoms with van der Waals surface area (Å²) < 4.78 is 11.2. The Hall–Kier alpha value is -4.67. The van der Waals surface area contributed by atoms with Crippen molar-refractivity contribution in [3.8, 4) is 5.69 Å². The van der Waals surface area contributed by atoms with Gasteiger partial charge in [0.2, 0.25) is 0 Å². The summed E-state index contributed by atoms with van der Waals surface area (Å²) in [5.41, 5.74) is 6.41. The molecule has 0 fully saturated rings. The number of fused-ring (bicyclic) bond motifs is 11. The average Bonchev–Trinajstić information content (AvgIpc) is 3.60. The molecule has 0 atom stereocenters. The van der Waals surface area contributed by atoms with Crippen LogP contribution in [0.3, 0.4) is 0 Å². The van der Waals surface area contributed by atoms with E-state index in [-0.39, 0.29) is 0 Å². The summed E-state index contributed by atoms with van der Waals surface area (Å²) in [5, 5.41) is 8.56. The van der Waals surface area contributed by atoms with Crippen molar-refractivity contribution in [2.45, 2.75) is 0 Å². The molecule has 4 heteroatoms. The minimum Gasteiger partial charge on any atom is -0.456 e. The van der Waals surface area contributed by atoms with Gasteiger partial charge in [-0.1, -0.05) is 54.6 Å². The van der Waals surface area contributed by atoms with Crippen LogP contribution in [0.15, 0.2) is 114 Å². The Morgan fingerprint density at radius 2 is 1.43 bits per heavy atom. The zero-order valence-electron chi connectivity index (χ0n) is 19.6. The van der Waals surface area contributed by atoms with Crippen LogP contribution in [0.1, 0.15) is 0 Å². The Morgan fingerprint density at radius 1 is 0.622 bits per heavy atom. The maximum Gasteiger partial charge on any atom is 0.137 e. The minimum atomic E-state index is 0.908. The molecule has 0 radical (unpaired) electrons. The van der Waals surface area contributed by atoms with E-state index in [1.807, 2.05) is 35.7 Å². The molecule has 0 spiro atoms. The van der Waals surface area contributed by atoms with Gasteiger partial charge in [0, 0.05) is 60.4 Å². The molecule has 4 heterocycles. The number of furan rings is 1. The molecule has 0 saturated carbocycles. The highest BCUT2D eigenvalue weighted by molar-refractivity contribution is 7.26. The second-order valence-electron chi connectivity index (χ2n) is 9.62. The maximum atomic E-state index is 6.28. The van der Waals surface area contributed by atoms with Gasteiger partial charge in [-0.3, -0.25) is 4.98 Å². The maximum absolute atomic E-state index is 6.28. The fourth-order valence-corrected chi connectivity index (χ4v) is 7.23. The van der Waals surface area contributed by atoms with Crippen LogP contribution in [0.5, 0.6) is 0 Å². The van der Waals surface area contributed by atoms with E-state index in [4.69, 9.17) is 4.42 Å². The number of benzene rings is 5. The molecule has 0 bridgehead atoms. The van der Waals surface area contributed by atoms with E-state index in [2.05, 4.69) is 94.5 Å². The number of pyridine rings is 1. The largest absolute Gasteiger partial charge is 0.456 e. The lowest BCUT2D eigenvalue weighted by molar-refractivity contribution is 0.668. The second kappa shape index (κ2) is 6.96. The van der Waals surface area contributed by atoms with Crippen LogP contribution >= 0.6 is 11.3 Å². The molecule has 0 aliphatic carbocycles. The summed E-state index contributed by atoms with van der Waals surface area (Å²) in [5.74, 6) is 0. The topological polar surface area (TPSA) is 31.0 Å². The van der Waals surface area contributed by atoms with Gasteiger partial charge in [0.1, 0.15) is 11.2 Å². The predicted molar refractivity (Wildman–Crippen MR) is 156 cm³/mol. The molecule has 5 aromatic carbocycles. The summed E-state index contributed by atoms with van der Waals surface area (Å²) in [6, 6.07) is 36.8. The molecular formula is C33H18N2OS. The lowest BCUT2D eigenvalue weighted by Crippen LogP contribution is -1.93. The standard InChI is InChI=1S/C33H18N2OS/c1-3-9-28-21(7-1)24-13-14-25-26-16-19-6-5-15-34-27(19)18-31(26)37-33(25)32(24)35(28)20-11-12-23-22-8-2-4-10-29(22)36-30(23)17-20/h1-18H. The average molecular weight is 491 g/mol. The van der Waals surface area contributed by atoms with Crippen molar-refractivity contribution < 1.29 is 4.42 Å². The van der Waals surface area contributed by atoms with E-state index >= 15 is 0 Å². The first-order valence-corrected chi connectivity index (χ1v) is 13.2. The zero-order chi connectivity index (χ0) is 24.1. The first-order chi connectivity index (χ1) is 18.3. The Morgan fingerprint density at radius 3 is 2.41 bits per heavy atom. The molecule has 37 heavy (non-hydrogen) atoms. The Labute approximate surface area is 214 Å². The number of thiophene rings is 1. The summed E-state index contributed by atoms with van der Waals surface area (Å²) in [6.07, 6.45) is 1.87. The van der Waals surface area contributed by atoms with Gasteiger partial charge < -0.3 is 8.98 Å². The lowest BCUT2D eigenvalue weighted by Gasteiger charge is -2.08. The molecule has 0 amide bonds. The molecule has 0 aliphatic heterocycles. The summed E-state index contributed by atoms with van der Waals surface area (Å²) >= 11 is 1.85. The van der Waals surface area contributed by atoms with Crippen LogP contribution in [0.2, 0.25) is 0 Å². The Balaban J connectivity index is 1.44. The summed E-state index contributed by atoms with van der Waals surface area (Å²) in [7, 11) is 0. The molecule has 0 N–H and O–H groups in total. The number of hydrogen-bond donors (Lipinski definition) is 0. The number of para-hydroxylation sites is 2. The fraction of sp³-hybridized carbons (Fsp3) is 0. The van der Waals surface area contributed by atoms with Crippen LogP contribution in [-0.4, -0.2) is 9.55 Å². The van der Waals surface area contributed by atoms with Gasteiger partial charge in [-0.05, 0) is 42.5 Å². The Kier molecular flexibility index (Phi) is 3.67. The normalized spacial score (nSPS) is 12.3. The molecule has 0 aliphatic rings. The highest BCUT2D eigenvalue weighted by Gasteiger charge is 2.19. The fourth-order valence-electron chi connectivity index (χ4n) is 5.97. The smallest absolute Gasteiger partial charge is 0.137 e. The van der Waals surface area contributed by atoms with Crippen molar-refractivity contribution in [3.63, 3.8) is 0 Å². The van der Waals surface area contributed by atoms with Gasteiger partial charge in [0.15, 0.2) is 0 Å². The van der Waals surface area contributed by atoms with E-state index in [0.29, 0.717) is 0 Å². The molecular weight excluding hydrogens is 472 g/mol. The molecule has 9 rings (SSSR count). The van der Waals surface area contributed by atoms with E-state index in [0.717, 1.165) is 33.1 Å². The number of aromatic nitrogens is 2. The lowest BCUT2D eigenvalue weighted by atomic mass is 10.1. The molecule has 3 nitrogen and oxygen atoms in total. The molecule has 4 aromatic heterocycles. The van der Waals surface area contributed by atoms with Crippen molar-refractivity contribution in [1.29, 1.82) is 0 Å². The highest BCUT2D eigenvalue weighted by atomic mass is 32.1. The van der Waals surface area contributed by atoms with Crippen LogP contribution in [-0.2, 0) is 0 Å². The van der Waals surface area contributed by atoms with Crippen molar-refractivity contribution >= 4 is 86.2 Å². The molecule has 172 valence electrons. The molecule has 0 saturated heterocycles. The number of nitrogens with zero attached hydrogens (tertiary/aromatic N) is 2. The zero-order valence-corrected chi connectivity index (χ0v) is 20.4. The first-order valence-electron chi connectivity index (χ1n) is 12.4. The number of hydrogen-bond acceptors (Lipinski definition) is 3. The van der Waals surface area contributed by atoms with Gasteiger partial charge >= 0.3 is 0 Å². The van der Waals surface area contributed by atoms with Crippen molar-refractivity contribution in [2.24, 2.45) is 0 Å². The predicted octanol–water partition coefficient (Wildman–Crippen LogP) is 9.60. The monoisotopic (exact) mass is 490 g/mol.